The lowest BCUT2D eigenvalue weighted by molar-refractivity contribution is -0.131. The SMILES string of the molecule is CC(=O)N(C[C@H]1CN(Cc2ccc(Cl)cc2)C[C@H]1c1ccccc1)C(C)C. The van der Waals surface area contributed by atoms with Gasteiger partial charge in [0.25, 0.3) is 0 Å². The van der Waals surface area contributed by atoms with E-state index in [0.29, 0.717) is 11.8 Å². The Morgan fingerprint density at radius 2 is 1.78 bits per heavy atom. The highest BCUT2D eigenvalue weighted by Gasteiger charge is 2.35. The van der Waals surface area contributed by atoms with Crippen molar-refractivity contribution >= 4 is 17.5 Å². The van der Waals surface area contributed by atoms with Crippen molar-refractivity contribution in [2.75, 3.05) is 19.6 Å². The van der Waals surface area contributed by atoms with Gasteiger partial charge >= 0.3 is 0 Å². The molecule has 0 unspecified atom stereocenters. The van der Waals surface area contributed by atoms with Gasteiger partial charge in [0, 0.05) is 50.1 Å². The van der Waals surface area contributed by atoms with Crippen LogP contribution in [0.4, 0.5) is 0 Å². The molecule has 1 saturated heterocycles. The van der Waals surface area contributed by atoms with Crippen molar-refractivity contribution in [3.05, 3.63) is 70.7 Å². The molecule has 0 radical (unpaired) electrons. The summed E-state index contributed by atoms with van der Waals surface area (Å²) in [6.45, 7) is 9.61. The summed E-state index contributed by atoms with van der Waals surface area (Å²) in [6, 6.07) is 19.1. The summed E-state index contributed by atoms with van der Waals surface area (Å²) in [7, 11) is 0. The first-order valence-corrected chi connectivity index (χ1v) is 10.1. The Hall–Kier alpha value is -1.84. The molecule has 4 heteroatoms. The van der Waals surface area contributed by atoms with Gasteiger partial charge in [-0.2, -0.15) is 0 Å². The van der Waals surface area contributed by atoms with Crippen LogP contribution in [0.1, 0.15) is 37.8 Å². The first kappa shape index (κ1) is 19.9. The van der Waals surface area contributed by atoms with Crippen LogP contribution in [-0.4, -0.2) is 41.4 Å². The van der Waals surface area contributed by atoms with E-state index in [1.807, 2.05) is 17.0 Å². The van der Waals surface area contributed by atoms with Gasteiger partial charge in [0.2, 0.25) is 5.91 Å². The Balaban J connectivity index is 1.78. The summed E-state index contributed by atoms with van der Waals surface area (Å²) in [5.41, 5.74) is 2.65. The fraction of sp³-hybridized carbons (Fsp3) is 0.435. The minimum absolute atomic E-state index is 0.160. The monoisotopic (exact) mass is 384 g/mol. The highest BCUT2D eigenvalue weighted by Crippen LogP contribution is 2.34. The zero-order valence-electron chi connectivity index (χ0n) is 16.4. The molecule has 1 heterocycles. The molecule has 2 aromatic carbocycles. The van der Waals surface area contributed by atoms with Gasteiger partial charge in [0.15, 0.2) is 0 Å². The quantitative estimate of drug-likeness (QED) is 0.713. The number of likely N-dealkylation sites (tertiary alicyclic amines) is 1. The molecule has 0 aliphatic carbocycles. The van der Waals surface area contributed by atoms with Crippen molar-refractivity contribution in [2.45, 2.75) is 39.3 Å². The Morgan fingerprint density at radius 1 is 1.11 bits per heavy atom. The molecular formula is C23H29ClN2O. The maximum Gasteiger partial charge on any atom is 0.219 e. The Morgan fingerprint density at radius 3 is 2.37 bits per heavy atom. The van der Waals surface area contributed by atoms with Gasteiger partial charge in [-0.15, -0.1) is 0 Å². The van der Waals surface area contributed by atoms with E-state index in [9.17, 15) is 4.79 Å². The smallest absolute Gasteiger partial charge is 0.219 e. The first-order chi connectivity index (χ1) is 12.9. The van der Waals surface area contributed by atoms with Gasteiger partial charge in [-0.25, -0.2) is 0 Å². The maximum absolute atomic E-state index is 12.1. The molecule has 3 nitrogen and oxygen atoms in total. The number of amides is 1. The lowest BCUT2D eigenvalue weighted by Gasteiger charge is -2.30. The van der Waals surface area contributed by atoms with Crippen LogP contribution in [0, 0.1) is 5.92 Å². The summed E-state index contributed by atoms with van der Waals surface area (Å²) in [4.78, 5) is 16.6. The van der Waals surface area contributed by atoms with Gasteiger partial charge in [-0.3, -0.25) is 9.69 Å². The molecule has 1 aliphatic heterocycles. The van der Waals surface area contributed by atoms with Crippen LogP contribution in [0.15, 0.2) is 54.6 Å². The second-order valence-corrected chi connectivity index (χ2v) is 8.30. The molecule has 144 valence electrons. The molecule has 1 amide bonds. The molecule has 0 bridgehead atoms. The maximum atomic E-state index is 12.1. The molecule has 27 heavy (non-hydrogen) atoms. The highest BCUT2D eigenvalue weighted by atomic mass is 35.5. The van der Waals surface area contributed by atoms with E-state index in [0.717, 1.165) is 31.2 Å². The van der Waals surface area contributed by atoms with E-state index in [2.05, 4.69) is 61.2 Å². The number of carbonyl (C=O) groups excluding carboxylic acids is 1. The molecular weight excluding hydrogens is 356 g/mol. The predicted octanol–water partition coefficient (Wildman–Crippen LogP) is 4.81. The lowest BCUT2D eigenvalue weighted by atomic mass is 9.88. The van der Waals surface area contributed by atoms with E-state index in [4.69, 9.17) is 11.6 Å². The third-order valence-corrected chi connectivity index (χ3v) is 5.77. The van der Waals surface area contributed by atoms with E-state index in [1.54, 1.807) is 6.92 Å². The second-order valence-electron chi connectivity index (χ2n) is 7.86. The lowest BCUT2D eigenvalue weighted by Crippen LogP contribution is -2.40. The first-order valence-electron chi connectivity index (χ1n) is 9.73. The molecule has 0 spiro atoms. The minimum Gasteiger partial charge on any atom is -0.340 e. The van der Waals surface area contributed by atoms with Gasteiger partial charge in [0.1, 0.15) is 0 Å². The van der Waals surface area contributed by atoms with Crippen molar-refractivity contribution in [1.82, 2.24) is 9.80 Å². The van der Waals surface area contributed by atoms with Crippen LogP contribution in [0.5, 0.6) is 0 Å². The third-order valence-electron chi connectivity index (χ3n) is 5.52. The Kier molecular flexibility index (Phi) is 6.56. The number of rotatable bonds is 6. The van der Waals surface area contributed by atoms with Crippen molar-refractivity contribution < 1.29 is 4.79 Å². The van der Waals surface area contributed by atoms with Gasteiger partial charge < -0.3 is 4.90 Å². The number of hydrogen-bond donors (Lipinski definition) is 0. The van der Waals surface area contributed by atoms with E-state index in [1.165, 1.54) is 11.1 Å². The Bertz CT molecular complexity index is 745. The van der Waals surface area contributed by atoms with Gasteiger partial charge in [0.05, 0.1) is 0 Å². The highest BCUT2D eigenvalue weighted by molar-refractivity contribution is 6.30. The standard InChI is InChI=1S/C23H29ClN2O/c1-17(2)26(18(3)27)15-21-14-25(13-19-9-11-22(24)12-10-19)16-23(21)20-7-5-4-6-8-20/h4-12,17,21,23H,13-16H2,1-3H3/t21-,23+/m1/s1. The topological polar surface area (TPSA) is 23.6 Å². The molecule has 0 saturated carbocycles. The molecule has 3 rings (SSSR count). The van der Waals surface area contributed by atoms with E-state index >= 15 is 0 Å². The summed E-state index contributed by atoms with van der Waals surface area (Å²) in [6.07, 6.45) is 0. The predicted molar refractivity (Wildman–Crippen MR) is 112 cm³/mol. The summed E-state index contributed by atoms with van der Waals surface area (Å²) in [5, 5.41) is 0.772. The zero-order valence-corrected chi connectivity index (χ0v) is 17.2. The van der Waals surface area contributed by atoms with Crippen molar-refractivity contribution in [1.29, 1.82) is 0 Å². The molecule has 2 aromatic rings. The molecule has 0 aromatic heterocycles. The van der Waals surface area contributed by atoms with Crippen LogP contribution in [0.3, 0.4) is 0 Å². The second kappa shape index (κ2) is 8.90. The van der Waals surface area contributed by atoms with Gasteiger partial charge in [-0.05, 0) is 43.0 Å². The molecule has 1 fully saturated rings. The van der Waals surface area contributed by atoms with Crippen LogP contribution in [0.25, 0.3) is 0 Å². The molecule has 0 N–H and O–H groups in total. The molecule has 1 aliphatic rings. The van der Waals surface area contributed by atoms with Crippen LogP contribution >= 0.6 is 11.6 Å². The number of hydrogen-bond acceptors (Lipinski definition) is 2. The number of nitrogens with zero attached hydrogens (tertiary/aromatic N) is 2. The average Bonchev–Trinajstić information content (AvgIpc) is 3.04. The van der Waals surface area contributed by atoms with Crippen molar-refractivity contribution in [3.8, 4) is 0 Å². The van der Waals surface area contributed by atoms with Crippen molar-refractivity contribution in [2.24, 2.45) is 5.92 Å². The van der Waals surface area contributed by atoms with E-state index < -0.39 is 0 Å². The van der Waals surface area contributed by atoms with Gasteiger partial charge in [-0.1, -0.05) is 54.1 Å². The fourth-order valence-corrected chi connectivity index (χ4v) is 4.28. The fourth-order valence-electron chi connectivity index (χ4n) is 4.16. The summed E-state index contributed by atoms with van der Waals surface area (Å²) < 4.78 is 0. The molecule has 2 atom stereocenters. The average molecular weight is 385 g/mol. The summed E-state index contributed by atoms with van der Waals surface area (Å²) >= 11 is 6.02. The summed E-state index contributed by atoms with van der Waals surface area (Å²) in [5.74, 6) is 1.04. The van der Waals surface area contributed by atoms with Crippen LogP contribution in [-0.2, 0) is 11.3 Å². The number of carbonyl (C=O) groups is 1. The number of benzene rings is 2. The Labute approximate surface area is 167 Å². The minimum atomic E-state index is 0.160. The zero-order chi connectivity index (χ0) is 19.4. The number of halogens is 1. The van der Waals surface area contributed by atoms with Crippen molar-refractivity contribution in [3.63, 3.8) is 0 Å². The normalized spacial score (nSPS) is 20.2. The third kappa shape index (κ3) is 5.12. The van der Waals surface area contributed by atoms with Crippen LogP contribution in [0.2, 0.25) is 5.02 Å². The van der Waals surface area contributed by atoms with E-state index in [-0.39, 0.29) is 11.9 Å². The largest absolute Gasteiger partial charge is 0.340 e. The van der Waals surface area contributed by atoms with Crippen LogP contribution < -0.4 is 0 Å².